The third-order valence-electron chi connectivity index (χ3n) is 5.39. The molecule has 2 rings (SSSR count). The van der Waals surface area contributed by atoms with Crippen molar-refractivity contribution in [2.45, 2.75) is 58.4 Å². The first-order valence-corrected chi connectivity index (χ1v) is 15.6. The van der Waals surface area contributed by atoms with Gasteiger partial charge in [0.1, 0.15) is 0 Å². The van der Waals surface area contributed by atoms with Crippen molar-refractivity contribution in [3.63, 3.8) is 0 Å². The van der Waals surface area contributed by atoms with Gasteiger partial charge in [0.15, 0.2) is 12.6 Å². The van der Waals surface area contributed by atoms with Gasteiger partial charge < -0.3 is 38.3 Å². The van der Waals surface area contributed by atoms with E-state index in [1.54, 1.807) is 18.2 Å². The number of esters is 1. The highest BCUT2D eigenvalue weighted by Gasteiger charge is 2.13. The van der Waals surface area contributed by atoms with Gasteiger partial charge in [0, 0.05) is 35.8 Å². The van der Waals surface area contributed by atoms with Crippen LogP contribution in [0.15, 0.2) is 45.8 Å². The summed E-state index contributed by atoms with van der Waals surface area (Å²) < 4.78 is 38.1. The molecule has 10 nitrogen and oxygen atoms in total. The Morgan fingerprint density at radius 3 is 1.62 bits per heavy atom. The second kappa shape index (κ2) is 22.5. The van der Waals surface area contributed by atoms with E-state index in [2.05, 4.69) is 15.9 Å². The van der Waals surface area contributed by atoms with Gasteiger partial charge in [-0.1, -0.05) is 12.1 Å². The first kappa shape index (κ1) is 38.0. The summed E-state index contributed by atoms with van der Waals surface area (Å²) in [6.45, 7) is 11.4. The van der Waals surface area contributed by atoms with Crippen LogP contribution >= 0.6 is 27.7 Å². The van der Waals surface area contributed by atoms with Crippen molar-refractivity contribution in [1.29, 1.82) is 0 Å². The van der Waals surface area contributed by atoms with Gasteiger partial charge in [-0.25, -0.2) is 9.59 Å². The van der Waals surface area contributed by atoms with Crippen molar-refractivity contribution in [3.8, 4) is 0 Å². The number of carboxylic acids is 1. The SMILES string of the molecule is CCOC(COCc1ccc(C(=O)O)c(SC)c1)OCC.CCOC(COCc1ccc(C(=O)OC)c(Br)c1)OCC. The van der Waals surface area contributed by atoms with Gasteiger partial charge in [0.25, 0.3) is 0 Å². The zero-order chi connectivity index (χ0) is 31.3. The van der Waals surface area contributed by atoms with Crippen LogP contribution in [0.4, 0.5) is 0 Å². The molecule has 0 saturated carbocycles. The predicted octanol–water partition coefficient (Wildman–Crippen LogP) is 6.17. The normalized spacial score (nSPS) is 11.0. The fraction of sp³-hybridized carbons (Fsp3) is 0.533. The fourth-order valence-corrected chi connectivity index (χ4v) is 4.74. The van der Waals surface area contributed by atoms with E-state index >= 15 is 0 Å². The number of carbonyl (C=O) groups is 2. The molecule has 0 saturated heterocycles. The maximum absolute atomic E-state index is 11.5. The first-order chi connectivity index (χ1) is 20.2. The number of aromatic carboxylic acids is 1. The summed E-state index contributed by atoms with van der Waals surface area (Å²) >= 11 is 4.76. The molecule has 42 heavy (non-hydrogen) atoms. The van der Waals surface area contributed by atoms with Gasteiger partial charge >= 0.3 is 11.9 Å². The summed E-state index contributed by atoms with van der Waals surface area (Å²) in [7, 11) is 1.35. The highest BCUT2D eigenvalue weighted by molar-refractivity contribution is 9.10. The maximum Gasteiger partial charge on any atom is 0.339 e. The Bertz CT molecular complexity index is 1060. The summed E-state index contributed by atoms with van der Waals surface area (Å²) in [6, 6.07) is 10.6. The number of hydrogen-bond donors (Lipinski definition) is 1. The molecule has 236 valence electrons. The molecule has 12 heteroatoms. The van der Waals surface area contributed by atoms with E-state index < -0.39 is 5.97 Å². The van der Waals surface area contributed by atoms with E-state index in [4.69, 9.17) is 38.3 Å². The molecule has 0 heterocycles. The smallest absolute Gasteiger partial charge is 0.339 e. The van der Waals surface area contributed by atoms with Gasteiger partial charge in [-0.2, -0.15) is 0 Å². The molecule has 0 bridgehead atoms. The molecule has 0 aliphatic heterocycles. The van der Waals surface area contributed by atoms with Crippen molar-refractivity contribution >= 4 is 39.6 Å². The summed E-state index contributed by atoms with van der Waals surface area (Å²) in [5.41, 5.74) is 2.67. The topological polar surface area (TPSA) is 119 Å². The molecule has 0 radical (unpaired) electrons. The fourth-order valence-electron chi connectivity index (χ4n) is 3.50. The lowest BCUT2D eigenvalue weighted by Crippen LogP contribution is -2.23. The zero-order valence-corrected chi connectivity index (χ0v) is 27.6. The van der Waals surface area contributed by atoms with Crippen LogP contribution in [-0.4, -0.2) is 82.6 Å². The standard InChI is InChI=1S/C15H21BrO5.C15H22O5S/c1-4-20-14(21-5-2)10-19-9-11-6-7-12(13(16)8-11)15(17)18-3;1-4-19-14(20-5-2)10-18-9-11-6-7-12(15(16)17)13(8-11)21-3/h6-8,14H,4-5,9-10H2,1-3H3;6-8,14H,4-5,9-10H2,1-3H3,(H,16,17). The zero-order valence-electron chi connectivity index (χ0n) is 25.2. The maximum atomic E-state index is 11.5. The largest absolute Gasteiger partial charge is 0.478 e. The molecule has 0 aliphatic carbocycles. The number of hydrogen-bond acceptors (Lipinski definition) is 10. The number of carbonyl (C=O) groups excluding carboxylic acids is 1. The van der Waals surface area contributed by atoms with E-state index in [1.165, 1.54) is 18.9 Å². The number of carboxylic acid groups (broad SMARTS) is 1. The minimum absolute atomic E-state index is 0.313. The Hall–Kier alpha value is -2.03. The number of benzene rings is 2. The number of ether oxygens (including phenoxy) is 7. The van der Waals surface area contributed by atoms with Crippen molar-refractivity contribution in [3.05, 3.63) is 63.1 Å². The Morgan fingerprint density at radius 2 is 1.24 bits per heavy atom. The van der Waals surface area contributed by atoms with E-state index in [0.29, 0.717) is 68.5 Å². The highest BCUT2D eigenvalue weighted by atomic mass is 79.9. The van der Waals surface area contributed by atoms with E-state index in [9.17, 15) is 9.59 Å². The predicted molar refractivity (Wildman–Crippen MR) is 164 cm³/mol. The molecule has 0 fully saturated rings. The minimum Gasteiger partial charge on any atom is -0.478 e. The Balaban J connectivity index is 0.000000420. The van der Waals surface area contributed by atoms with E-state index in [-0.39, 0.29) is 18.5 Å². The molecular formula is C30H43BrO10S. The Kier molecular flexibility index (Phi) is 20.4. The number of methoxy groups -OCH3 is 1. The van der Waals surface area contributed by atoms with Crippen molar-refractivity contribution in [1.82, 2.24) is 0 Å². The van der Waals surface area contributed by atoms with Crippen LogP contribution in [0, 0.1) is 0 Å². The molecule has 0 aliphatic rings. The second-order valence-electron chi connectivity index (χ2n) is 8.36. The average molecular weight is 676 g/mol. The molecular weight excluding hydrogens is 632 g/mol. The Morgan fingerprint density at radius 1 is 0.786 bits per heavy atom. The lowest BCUT2D eigenvalue weighted by molar-refractivity contribution is -0.169. The number of thioether (sulfide) groups is 1. The van der Waals surface area contributed by atoms with Gasteiger partial charge in [0.2, 0.25) is 0 Å². The van der Waals surface area contributed by atoms with E-state index in [1.807, 2.05) is 52.1 Å². The average Bonchev–Trinajstić information content (AvgIpc) is 2.97. The number of rotatable bonds is 19. The molecule has 2 aromatic rings. The van der Waals surface area contributed by atoms with Gasteiger partial charge in [-0.05, 0) is 85.3 Å². The van der Waals surface area contributed by atoms with Crippen LogP contribution in [0.25, 0.3) is 0 Å². The molecule has 2 aromatic carbocycles. The van der Waals surface area contributed by atoms with Crippen LogP contribution in [0.2, 0.25) is 0 Å². The van der Waals surface area contributed by atoms with Gasteiger partial charge in [-0.15, -0.1) is 11.8 Å². The van der Waals surface area contributed by atoms with E-state index in [0.717, 1.165) is 16.0 Å². The third-order valence-corrected chi connectivity index (χ3v) is 6.82. The van der Waals surface area contributed by atoms with Crippen molar-refractivity contribution in [2.24, 2.45) is 0 Å². The quantitative estimate of drug-likeness (QED) is 0.105. The Labute approximate surface area is 261 Å². The summed E-state index contributed by atoms with van der Waals surface area (Å²) in [4.78, 5) is 23.3. The van der Waals surface area contributed by atoms with Crippen LogP contribution in [0.1, 0.15) is 59.5 Å². The molecule has 0 atom stereocenters. The first-order valence-electron chi connectivity index (χ1n) is 13.6. The van der Waals surface area contributed by atoms with Crippen LogP contribution in [0.5, 0.6) is 0 Å². The molecule has 1 N–H and O–H groups in total. The molecule has 0 unspecified atom stereocenters. The third kappa shape index (κ3) is 14.4. The summed E-state index contributed by atoms with van der Waals surface area (Å²) in [5, 5.41) is 9.08. The monoisotopic (exact) mass is 674 g/mol. The van der Waals surface area contributed by atoms with Gasteiger partial charge in [-0.3, -0.25) is 0 Å². The van der Waals surface area contributed by atoms with Crippen LogP contribution in [0.3, 0.4) is 0 Å². The summed E-state index contributed by atoms with van der Waals surface area (Å²) in [5.74, 6) is -1.29. The summed E-state index contributed by atoms with van der Waals surface area (Å²) in [6.07, 6.45) is 1.14. The lowest BCUT2D eigenvalue weighted by Gasteiger charge is -2.17. The molecule has 0 amide bonds. The van der Waals surface area contributed by atoms with Crippen molar-refractivity contribution < 1.29 is 47.9 Å². The van der Waals surface area contributed by atoms with Crippen LogP contribution in [-0.2, 0) is 46.4 Å². The highest BCUT2D eigenvalue weighted by Crippen LogP contribution is 2.23. The van der Waals surface area contributed by atoms with Crippen molar-refractivity contribution in [2.75, 3.05) is 53.0 Å². The lowest BCUT2D eigenvalue weighted by atomic mass is 10.1. The van der Waals surface area contributed by atoms with Crippen LogP contribution < -0.4 is 0 Å². The molecule has 0 spiro atoms. The number of halogens is 1. The molecule has 0 aromatic heterocycles. The second-order valence-corrected chi connectivity index (χ2v) is 10.1. The van der Waals surface area contributed by atoms with Gasteiger partial charge in [0.05, 0.1) is 44.7 Å². The minimum atomic E-state index is -0.917.